The standard InChI is InChI=1S/C16H17N5O3S2/c1-11-16(26(17,23)24)25-15(20-11)10-18-14(22)9-12-3-5-13(6-4-12)21-8-2-7-19-21/h2-8H,9-10H2,1H3,(H,18,22)(H2,17,23,24). The second-order valence-corrected chi connectivity index (χ2v) is 8.44. The van der Waals surface area contributed by atoms with Crippen molar-refractivity contribution in [2.24, 2.45) is 5.14 Å². The predicted molar refractivity (Wildman–Crippen MR) is 97.3 cm³/mol. The molecule has 2 aromatic heterocycles. The van der Waals surface area contributed by atoms with Crippen LogP contribution in [0.15, 0.2) is 46.9 Å². The summed E-state index contributed by atoms with van der Waals surface area (Å²) in [6.07, 6.45) is 3.75. The van der Waals surface area contributed by atoms with E-state index in [2.05, 4.69) is 15.4 Å². The van der Waals surface area contributed by atoms with Crippen LogP contribution < -0.4 is 10.5 Å². The van der Waals surface area contributed by atoms with Crippen molar-refractivity contribution < 1.29 is 13.2 Å². The third-order valence-corrected chi connectivity index (χ3v) is 6.27. The number of hydrogen-bond acceptors (Lipinski definition) is 6. The lowest BCUT2D eigenvalue weighted by atomic mass is 10.1. The molecule has 3 N–H and O–H groups in total. The van der Waals surface area contributed by atoms with Crippen molar-refractivity contribution in [1.29, 1.82) is 0 Å². The number of carbonyl (C=O) groups excluding carboxylic acids is 1. The number of benzene rings is 1. The molecular weight excluding hydrogens is 374 g/mol. The summed E-state index contributed by atoms with van der Waals surface area (Å²) in [5, 5.41) is 12.5. The van der Waals surface area contributed by atoms with Gasteiger partial charge in [-0.2, -0.15) is 5.10 Å². The molecule has 0 bridgehead atoms. The smallest absolute Gasteiger partial charge is 0.249 e. The van der Waals surface area contributed by atoms with Crippen molar-refractivity contribution >= 4 is 27.3 Å². The van der Waals surface area contributed by atoms with Crippen LogP contribution in [0.1, 0.15) is 16.3 Å². The van der Waals surface area contributed by atoms with Crippen molar-refractivity contribution in [2.45, 2.75) is 24.1 Å². The zero-order valence-corrected chi connectivity index (χ0v) is 15.5. The second kappa shape index (κ2) is 7.36. The predicted octanol–water partition coefficient (Wildman–Crippen LogP) is 1.14. The minimum atomic E-state index is -3.79. The molecule has 2 heterocycles. The van der Waals surface area contributed by atoms with Gasteiger partial charge in [0.25, 0.3) is 0 Å². The third-order valence-electron chi connectivity index (χ3n) is 3.56. The summed E-state index contributed by atoms with van der Waals surface area (Å²) < 4.78 is 24.6. The highest BCUT2D eigenvalue weighted by atomic mass is 32.2. The Kier molecular flexibility index (Phi) is 5.16. The van der Waals surface area contributed by atoms with Crippen LogP contribution in [0.25, 0.3) is 5.69 Å². The number of sulfonamides is 1. The van der Waals surface area contributed by atoms with Crippen LogP contribution >= 0.6 is 11.3 Å². The fourth-order valence-corrected chi connectivity index (χ4v) is 4.33. The molecule has 0 radical (unpaired) electrons. The Labute approximate surface area is 154 Å². The van der Waals surface area contributed by atoms with Crippen molar-refractivity contribution in [1.82, 2.24) is 20.1 Å². The summed E-state index contributed by atoms with van der Waals surface area (Å²) in [7, 11) is -3.79. The van der Waals surface area contributed by atoms with Crippen molar-refractivity contribution in [3.63, 3.8) is 0 Å². The molecule has 0 saturated heterocycles. The van der Waals surface area contributed by atoms with Gasteiger partial charge in [0.05, 0.1) is 24.3 Å². The van der Waals surface area contributed by atoms with Crippen LogP contribution in [0.4, 0.5) is 0 Å². The first-order valence-corrected chi connectivity index (χ1v) is 10.0. The van der Waals surface area contributed by atoms with E-state index in [9.17, 15) is 13.2 Å². The molecule has 0 spiro atoms. The molecule has 8 nitrogen and oxygen atoms in total. The molecule has 26 heavy (non-hydrogen) atoms. The van der Waals surface area contributed by atoms with Gasteiger partial charge >= 0.3 is 0 Å². The van der Waals surface area contributed by atoms with E-state index in [-0.39, 0.29) is 23.1 Å². The molecule has 0 unspecified atom stereocenters. The van der Waals surface area contributed by atoms with Crippen LogP contribution in [-0.2, 0) is 27.8 Å². The molecule has 0 aliphatic rings. The molecular formula is C16H17N5O3S2. The van der Waals surface area contributed by atoms with E-state index >= 15 is 0 Å². The van der Waals surface area contributed by atoms with Gasteiger partial charge in [-0.15, -0.1) is 11.3 Å². The number of aryl methyl sites for hydroxylation is 1. The minimum absolute atomic E-state index is 0.0240. The van der Waals surface area contributed by atoms with Gasteiger partial charge in [-0.3, -0.25) is 4.79 Å². The number of nitrogens with zero attached hydrogens (tertiary/aromatic N) is 3. The maximum Gasteiger partial charge on any atom is 0.249 e. The van der Waals surface area contributed by atoms with Crippen molar-refractivity contribution in [2.75, 3.05) is 0 Å². The van der Waals surface area contributed by atoms with E-state index in [1.54, 1.807) is 17.8 Å². The van der Waals surface area contributed by atoms with Gasteiger partial charge in [-0.25, -0.2) is 23.2 Å². The van der Waals surface area contributed by atoms with E-state index < -0.39 is 10.0 Å². The zero-order chi connectivity index (χ0) is 18.7. The number of aromatic nitrogens is 3. The molecule has 0 atom stereocenters. The van der Waals surface area contributed by atoms with Gasteiger partial charge < -0.3 is 5.32 Å². The van der Waals surface area contributed by atoms with Gasteiger partial charge in [-0.05, 0) is 30.7 Å². The topological polar surface area (TPSA) is 120 Å². The van der Waals surface area contributed by atoms with Crippen molar-refractivity contribution in [3.05, 3.63) is 59.0 Å². The van der Waals surface area contributed by atoms with Crippen LogP contribution in [0, 0.1) is 6.92 Å². The molecule has 0 saturated carbocycles. The summed E-state index contributed by atoms with van der Waals surface area (Å²) in [5.41, 5.74) is 2.11. The molecule has 10 heteroatoms. The van der Waals surface area contributed by atoms with E-state index in [1.807, 2.05) is 36.5 Å². The first-order valence-electron chi connectivity index (χ1n) is 7.67. The first-order chi connectivity index (χ1) is 12.3. The summed E-state index contributed by atoms with van der Waals surface area (Å²) in [5.74, 6) is -0.179. The van der Waals surface area contributed by atoms with E-state index in [0.717, 1.165) is 22.6 Å². The average molecular weight is 391 g/mol. The number of nitrogens with one attached hydrogen (secondary N) is 1. The highest BCUT2D eigenvalue weighted by molar-refractivity contribution is 7.91. The molecule has 3 rings (SSSR count). The maximum absolute atomic E-state index is 12.1. The Morgan fingerprint density at radius 3 is 2.62 bits per heavy atom. The Bertz CT molecular complexity index is 1010. The largest absolute Gasteiger partial charge is 0.349 e. The molecule has 136 valence electrons. The molecule has 3 aromatic rings. The Morgan fingerprint density at radius 2 is 2.04 bits per heavy atom. The molecule has 1 amide bonds. The van der Waals surface area contributed by atoms with Crippen LogP contribution in [0.5, 0.6) is 0 Å². The van der Waals surface area contributed by atoms with Crippen molar-refractivity contribution in [3.8, 4) is 5.69 Å². The van der Waals surface area contributed by atoms with Crippen LogP contribution in [0.2, 0.25) is 0 Å². The second-order valence-electron chi connectivity index (χ2n) is 5.60. The normalized spacial score (nSPS) is 11.5. The molecule has 0 aliphatic carbocycles. The van der Waals surface area contributed by atoms with Gasteiger partial charge in [0.2, 0.25) is 15.9 Å². The summed E-state index contributed by atoms with van der Waals surface area (Å²) in [6.45, 7) is 1.73. The quantitative estimate of drug-likeness (QED) is 0.653. The number of nitrogens with two attached hydrogens (primary N) is 1. The van der Waals surface area contributed by atoms with Gasteiger partial charge in [0.1, 0.15) is 5.01 Å². The number of amides is 1. The highest BCUT2D eigenvalue weighted by Crippen LogP contribution is 2.21. The van der Waals surface area contributed by atoms with E-state index in [1.165, 1.54) is 0 Å². The Balaban J connectivity index is 1.58. The fourth-order valence-electron chi connectivity index (χ4n) is 2.39. The molecule has 0 aliphatic heterocycles. The van der Waals surface area contributed by atoms with Crippen LogP contribution in [-0.4, -0.2) is 29.1 Å². The van der Waals surface area contributed by atoms with E-state index in [0.29, 0.717) is 10.7 Å². The molecule has 0 fully saturated rings. The van der Waals surface area contributed by atoms with Crippen LogP contribution in [0.3, 0.4) is 0 Å². The summed E-state index contributed by atoms with van der Waals surface area (Å²) in [6, 6.07) is 9.34. The highest BCUT2D eigenvalue weighted by Gasteiger charge is 2.17. The number of thiazole rings is 1. The maximum atomic E-state index is 12.1. The Morgan fingerprint density at radius 1 is 1.31 bits per heavy atom. The summed E-state index contributed by atoms with van der Waals surface area (Å²) >= 11 is 0.967. The summed E-state index contributed by atoms with van der Waals surface area (Å²) in [4.78, 5) is 16.2. The minimum Gasteiger partial charge on any atom is -0.349 e. The number of primary sulfonamides is 1. The van der Waals surface area contributed by atoms with E-state index in [4.69, 9.17) is 5.14 Å². The first kappa shape index (κ1) is 18.2. The lowest BCUT2D eigenvalue weighted by Crippen LogP contribution is -2.24. The monoisotopic (exact) mass is 391 g/mol. The van der Waals surface area contributed by atoms with Gasteiger partial charge in [-0.1, -0.05) is 12.1 Å². The van der Waals surface area contributed by atoms with Gasteiger partial charge in [0, 0.05) is 12.4 Å². The average Bonchev–Trinajstić information content (AvgIpc) is 3.23. The SMILES string of the molecule is Cc1nc(CNC(=O)Cc2ccc(-n3cccn3)cc2)sc1S(N)(=O)=O. The number of carbonyl (C=O) groups is 1. The van der Waals surface area contributed by atoms with Gasteiger partial charge in [0.15, 0.2) is 4.21 Å². The third kappa shape index (κ3) is 4.34. The molecule has 1 aromatic carbocycles. The fraction of sp³-hybridized carbons (Fsp3) is 0.188. The number of rotatable bonds is 6. The number of hydrogen-bond donors (Lipinski definition) is 2. The zero-order valence-electron chi connectivity index (χ0n) is 13.9. The Hall–Kier alpha value is -2.56. The lowest BCUT2D eigenvalue weighted by Gasteiger charge is -2.05. The lowest BCUT2D eigenvalue weighted by molar-refractivity contribution is -0.120.